The zero-order chi connectivity index (χ0) is 13.1. The molecule has 18 heavy (non-hydrogen) atoms. The van der Waals surface area contributed by atoms with E-state index in [9.17, 15) is 14.4 Å². The first kappa shape index (κ1) is 12.6. The average Bonchev–Trinajstić information content (AvgIpc) is 3.13. The number of carbonyl (C=O) groups is 1. The van der Waals surface area contributed by atoms with E-state index in [-0.39, 0.29) is 30.1 Å². The number of hydrogen-bond acceptors (Lipinski definition) is 3. The molecule has 0 aromatic carbocycles. The minimum Gasteiger partial charge on any atom is -0.353 e. The van der Waals surface area contributed by atoms with Crippen molar-refractivity contribution in [1.82, 2.24) is 14.5 Å². The number of amides is 1. The van der Waals surface area contributed by atoms with E-state index in [1.807, 2.05) is 6.92 Å². The molecule has 1 aromatic heterocycles. The smallest absolute Gasteiger partial charge is 0.330 e. The Hall–Kier alpha value is -1.85. The third-order valence-electron chi connectivity index (χ3n) is 2.99. The lowest BCUT2D eigenvalue weighted by Crippen LogP contribution is -2.40. The average molecular weight is 251 g/mol. The molecule has 0 atom stereocenters. The molecule has 98 valence electrons. The second kappa shape index (κ2) is 5.20. The Balaban J connectivity index is 2.05. The highest BCUT2D eigenvalue weighted by Gasteiger charge is 2.23. The van der Waals surface area contributed by atoms with Gasteiger partial charge in [0.05, 0.1) is 0 Å². The molecule has 1 amide bonds. The molecule has 1 fully saturated rings. The zero-order valence-electron chi connectivity index (χ0n) is 10.4. The number of hydrogen-bond donors (Lipinski definition) is 1. The molecule has 0 radical (unpaired) electrons. The first-order valence-corrected chi connectivity index (χ1v) is 6.21. The monoisotopic (exact) mass is 251 g/mol. The van der Waals surface area contributed by atoms with Gasteiger partial charge >= 0.3 is 5.69 Å². The molecule has 0 bridgehead atoms. The number of aromatic nitrogens is 2. The molecule has 0 saturated heterocycles. The van der Waals surface area contributed by atoms with Crippen LogP contribution in [0, 0.1) is 0 Å². The summed E-state index contributed by atoms with van der Waals surface area (Å²) in [5, 5.41) is 2.83. The van der Waals surface area contributed by atoms with Crippen molar-refractivity contribution in [3.63, 3.8) is 0 Å². The molecular weight excluding hydrogens is 234 g/mol. The van der Waals surface area contributed by atoms with Crippen LogP contribution < -0.4 is 16.6 Å². The van der Waals surface area contributed by atoms with Crippen LogP contribution in [0.3, 0.4) is 0 Å². The van der Waals surface area contributed by atoms with E-state index >= 15 is 0 Å². The lowest BCUT2D eigenvalue weighted by molar-refractivity contribution is -0.121. The van der Waals surface area contributed by atoms with Crippen molar-refractivity contribution in [2.45, 2.75) is 45.3 Å². The van der Waals surface area contributed by atoms with Crippen molar-refractivity contribution < 1.29 is 4.79 Å². The van der Waals surface area contributed by atoms with E-state index in [2.05, 4.69) is 5.32 Å². The summed E-state index contributed by atoms with van der Waals surface area (Å²) in [5.74, 6) is -0.101. The third kappa shape index (κ3) is 2.88. The van der Waals surface area contributed by atoms with Gasteiger partial charge in [0.15, 0.2) is 0 Å². The third-order valence-corrected chi connectivity index (χ3v) is 2.99. The standard InChI is InChI=1S/C12H17N3O3/c1-2-14-7-6-11(17)15(12(14)18)8-5-10(16)13-9-3-4-9/h6-7,9H,2-5,8H2,1H3,(H,13,16). The van der Waals surface area contributed by atoms with Crippen LogP contribution in [0.4, 0.5) is 0 Å². The maximum Gasteiger partial charge on any atom is 0.330 e. The molecule has 1 aliphatic rings. The van der Waals surface area contributed by atoms with Crippen molar-refractivity contribution >= 4 is 5.91 Å². The Morgan fingerprint density at radius 1 is 1.44 bits per heavy atom. The second-order valence-corrected chi connectivity index (χ2v) is 4.47. The predicted molar refractivity (Wildman–Crippen MR) is 66.4 cm³/mol. The highest BCUT2D eigenvalue weighted by atomic mass is 16.2. The molecule has 0 aliphatic heterocycles. The van der Waals surface area contributed by atoms with Gasteiger partial charge in [0.25, 0.3) is 5.56 Å². The molecule has 1 aliphatic carbocycles. The summed E-state index contributed by atoms with van der Waals surface area (Å²) in [6.07, 6.45) is 3.70. The SMILES string of the molecule is CCn1ccc(=O)n(CCC(=O)NC2CC2)c1=O. The Kier molecular flexibility index (Phi) is 3.64. The molecule has 1 heterocycles. The van der Waals surface area contributed by atoms with Gasteiger partial charge in [0, 0.05) is 37.8 Å². The normalized spacial score (nSPS) is 14.5. The summed E-state index contributed by atoms with van der Waals surface area (Å²) < 4.78 is 2.55. The molecule has 6 heteroatoms. The van der Waals surface area contributed by atoms with Crippen LogP contribution in [0.15, 0.2) is 21.9 Å². The Bertz CT molecular complexity index is 554. The number of nitrogens with zero attached hydrogens (tertiary/aromatic N) is 2. The molecule has 1 aromatic rings. The number of carbonyl (C=O) groups excluding carboxylic acids is 1. The topological polar surface area (TPSA) is 73.1 Å². The van der Waals surface area contributed by atoms with Crippen LogP contribution in [0.25, 0.3) is 0 Å². The molecule has 2 rings (SSSR count). The Labute approximate surface area is 104 Å². The van der Waals surface area contributed by atoms with E-state index < -0.39 is 0 Å². The van der Waals surface area contributed by atoms with Crippen molar-refractivity contribution in [1.29, 1.82) is 0 Å². The van der Waals surface area contributed by atoms with E-state index in [4.69, 9.17) is 0 Å². The van der Waals surface area contributed by atoms with Crippen molar-refractivity contribution in [3.05, 3.63) is 33.1 Å². The van der Waals surface area contributed by atoms with Crippen molar-refractivity contribution in [2.24, 2.45) is 0 Å². The molecule has 0 unspecified atom stereocenters. The summed E-state index contributed by atoms with van der Waals surface area (Å²) >= 11 is 0. The van der Waals surface area contributed by atoms with Crippen LogP contribution >= 0.6 is 0 Å². The largest absolute Gasteiger partial charge is 0.353 e. The van der Waals surface area contributed by atoms with Crippen molar-refractivity contribution in [3.8, 4) is 0 Å². The maximum absolute atomic E-state index is 11.9. The van der Waals surface area contributed by atoms with Gasteiger partial charge in [-0.1, -0.05) is 0 Å². The summed E-state index contributed by atoms with van der Waals surface area (Å²) in [6, 6.07) is 1.65. The van der Waals surface area contributed by atoms with Gasteiger partial charge in [0.2, 0.25) is 5.91 Å². The summed E-state index contributed by atoms with van der Waals surface area (Å²) in [6.45, 7) is 2.47. The molecular formula is C12H17N3O3. The van der Waals surface area contributed by atoms with Gasteiger partial charge in [-0.05, 0) is 19.8 Å². The van der Waals surface area contributed by atoms with Gasteiger partial charge in [0.1, 0.15) is 0 Å². The van der Waals surface area contributed by atoms with E-state index in [1.165, 1.54) is 16.8 Å². The number of nitrogens with one attached hydrogen (secondary N) is 1. The van der Waals surface area contributed by atoms with Gasteiger partial charge in [-0.2, -0.15) is 0 Å². The predicted octanol–water partition coefficient (Wildman–Crippen LogP) is -0.301. The fourth-order valence-electron chi connectivity index (χ4n) is 1.74. The molecule has 1 saturated carbocycles. The highest BCUT2D eigenvalue weighted by Crippen LogP contribution is 2.18. The second-order valence-electron chi connectivity index (χ2n) is 4.47. The van der Waals surface area contributed by atoms with E-state index in [0.29, 0.717) is 12.6 Å². The van der Waals surface area contributed by atoms with Gasteiger partial charge in [-0.15, -0.1) is 0 Å². The zero-order valence-corrected chi connectivity index (χ0v) is 10.4. The summed E-state index contributed by atoms with van der Waals surface area (Å²) in [5.41, 5.74) is -0.715. The van der Waals surface area contributed by atoms with Gasteiger partial charge < -0.3 is 9.88 Å². The van der Waals surface area contributed by atoms with Crippen LogP contribution in [-0.2, 0) is 17.9 Å². The Morgan fingerprint density at radius 2 is 2.17 bits per heavy atom. The first-order valence-electron chi connectivity index (χ1n) is 6.21. The highest BCUT2D eigenvalue weighted by molar-refractivity contribution is 5.76. The summed E-state index contributed by atoms with van der Waals surface area (Å²) in [4.78, 5) is 34.9. The fraction of sp³-hybridized carbons (Fsp3) is 0.583. The summed E-state index contributed by atoms with van der Waals surface area (Å²) in [7, 11) is 0. The van der Waals surface area contributed by atoms with Crippen LogP contribution in [0.5, 0.6) is 0 Å². The fourth-order valence-corrected chi connectivity index (χ4v) is 1.74. The Morgan fingerprint density at radius 3 is 2.78 bits per heavy atom. The van der Waals surface area contributed by atoms with E-state index in [0.717, 1.165) is 17.4 Å². The van der Waals surface area contributed by atoms with E-state index in [1.54, 1.807) is 0 Å². The quantitative estimate of drug-likeness (QED) is 0.780. The minimum atomic E-state index is -0.357. The van der Waals surface area contributed by atoms with Crippen molar-refractivity contribution in [2.75, 3.05) is 0 Å². The van der Waals surface area contributed by atoms with Crippen LogP contribution in [-0.4, -0.2) is 21.1 Å². The maximum atomic E-state index is 11.9. The van der Waals surface area contributed by atoms with Crippen LogP contribution in [0.1, 0.15) is 26.2 Å². The van der Waals surface area contributed by atoms with Gasteiger partial charge in [-0.25, -0.2) is 4.79 Å². The van der Waals surface area contributed by atoms with Gasteiger partial charge in [-0.3, -0.25) is 14.2 Å². The lowest BCUT2D eigenvalue weighted by atomic mass is 10.4. The number of rotatable bonds is 5. The molecule has 6 nitrogen and oxygen atoms in total. The number of aryl methyl sites for hydroxylation is 1. The molecule has 1 N–H and O–H groups in total. The molecule has 0 spiro atoms. The lowest BCUT2D eigenvalue weighted by Gasteiger charge is -2.08. The van der Waals surface area contributed by atoms with Crippen LogP contribution in [0.2, 0.25) is 0 Å². The first-order chi connectivity index (χ1) is 8.61. The minimum absolute atomic E-state index is 0.101.